The average Bonchev–Trinajstić information content (AvgIpc) is 3.37. The molecule has 2 heterocycles. The molecule has 2 atom stereocenters. The van der Waals surface area contributed by atoms with Gasteiger partial charge in [-0.1, -0.05) is 23.7 Å². The zero-order valence-corrected chi connectivity index (χ0v) is 22.8. The van der Waals surface area contributed by atoms with Crippen LogP contribution in [0.3, 0.4) is 0 Å². The van der Waals surface area contributed by atoms with Crippen molar-refractivity contribution in [3.8, 4) is 5.75 Å². The first-order chi connectivity index (χ1) is 19.0. The molecule has 11 heteroatoms. The number of alkyl halides is 2. The van der Waals surface area contributed by atoms with E-state index in [2.05, 4.69) is 0 Å². The second-order valence-electron chi connectivity index (χ2n) is 11.0. The summed E-state index contributed by atoms with van der Waals surface area (Å²) in [6, 6.07) is 12.0. The van der Waals surface area contributed by atoms with Crippen LogP contribution in [0.4, 0.5) is 18.0 Å². The molecule has 3 aliphatic rings. The Hall–Kier alpha value is -3.27. The summed E-state index contributed by atoms with van der Waals surface area (Å²) >= 11 is 6.09. The van der Waals surface area contributed by atoms with Crippen LogP contribution >= 0.6 is 11.6 Å². The fourth-order valence-corrected chi connectivity index (χ4v) is 6.03. The number of rotatable bonds is 5. The summed E-state index contributed by atoms with van der Waals surface area (Å²) in [6.07, 6.45) is -0.504. The van der Waals surface area contributed by atoms with Gasteiger partial charge in [-0.25, -0.2) is 18.0 Å². The van der Waals surface area contributed by atoms with Gasteiger partial charge < -0.3 is 19.4 Å². The normalized spacial score (nSPS) is 23.0. The Morgan fingerprint density at radius 1 is 0.900 bits per heavy atom. The highest BCUT2D eigenvalue weighted by atomic mass is 35.5. The van der Waals surface area contributed by atoms with Crippen molar-refractivity contribution in [1.29, 1.82) is 0 Å². The third kappa shape index (κ3) is 6.06. The predicted molar refractivity (Wildman–Crippen MR) is 142 cm³/mol. The van der Waals surface area contributed by atoms with Crippen LogP contribution in [0.15, 0.2) is 48.5 Å². The number of hydrogen-bond acceptors (Lipinski definition) is 4. The molecule has 214 valence electrons. The van der Waals surface area contributed by atoms with E-state index >= 15 is 0 Å². The Labute approximate surface area is 235 Å². The van der Waals surface area contributed by atoms with Crippen LogP contribution in [0, 0.1) is 17.7 Å². The number of halogens is 4. The minimum absolute atomic E-state index is 0.0518. The summed E-state index contributed by atoms with van der Waals surface area (Å²) in [6.45, 7) is 1.39. The van der Waals surface area contributed by atoms with Crippen LogP contribution in [-0.2, 0) is 9.59 Å². The molecular formula is C29H31ClF3N3O4. The Balaban J connectivity index is 1.24. The number of piperidine rings is 1. The van der Waals surface area contributed by atoms with E-state index in [1.807, 2.05) is 12.1 Å². The van der Waals surface area contributed by atoms with Gasteiger partial charge in [0, 0.05) is 68.8 Å². The summed E-state index contributed by atoms with van der Waals surface area (Å²) in [5.74, 6) is -4.42. The van der Waals surface area contributed by atoms with Crippen LogP contribution in [-0.4, -0.2) is 77.8 Å². The van der Waals surface area contributed by atoms with Gasteiger partial charge in [0.15, 0.2) is 0 Å². The Morgan fingerprint density at radius 2 is 1.50 bits per heavy atom. The molecule has 1 aliphatic carbocycles. The van der Waals surface area contributed by atoms with Gasteiger partial charge >= 0.3 is 6.09 Å². The molecule has 40 heavy (non-hydrogen) atoms. The molecule has 5 rings (SSSR count). The molecule has 0 unspecified atom stereocenters. The fraction of sp³-hybridized carbons (Fsp3) is 0.483. The lowest BCUT2D eigenvalue weighted by Gasteiger charge is -2.40. The van der Waals surface area contributed by atoms with E-state index in [-0.39, 0.29) is 42.0 Å². The molecule has 0 N–H and O–H groups in total. The second-order valence-corrected chi connectivity index (χ2v) is 11.4. The number of amides is 3. The van der Waals surface area contributed by atoms with Crippen molar-refractivity contribution in [3.63, 3.8) is 0 Å². The minimum Gasteiger partial charge on any atom is -0.410 e. The Kier molecular flexibility index (Phi) is 7.99. The number of carbonyl (C=O) groups is 3. The van der Waals surface area contributed by atoms with Gasteiger partial charge in [-0.2, -0.15) is 0 Å². The average molecular weight is 578 g/mol. The maximum Gasteiger partial charge on any atom is 0.415 e. The largest absolute Gasteiger partial charge is 0.415 e. The third-order valence-corrected chi connectivity index (χ3v) is 8.55. The van der Waals surface area contributed by atoms with Gasteiger partial charge in [-0.15, -0.1) is 0 Å². The van der Waals surface area contributed by atoms with Crippen molar-refractivity contribution in [2.75, 3.05) is 33.2 Å². The molecule has 0 spiro atoms. The highest BCUT2D eigenvalue weighted by Crippen LogP contribution is 2.43. The van der Waals surface area contributed by atoms with Gasteiger partial charge in [0.25, 0.3) is 0 Å². The van der Waals surface area contributed by atoms with Crippen LogP contribution in [0.5, 0.6) is 5.75 Å². The van der Waals surface area contributed by atoms with Gasteiger partial charge in [-0.05, 0) is 54.8 Å². The predicted octanol–water partition coefficient (Wildman–Crippen LogP) is 5.19. The number of likely N-dealkylation sites (tertiary alicyclic amines) is 2. The van der Waals surface area contributed by atoms with Crippen molar-refractivity contribution in [2.24, 2.45) is 11.8 Å². The molecule has 2 saturated heterocycles. The van der Waals surface area contributed by atoms with Gasteiger partial charge in [0.1, 0.15) is 11.6 Å². The smallest absolute Gasteiger partial charge is 0.410 e. The Morgan fingerprint density at radius 3 is 2.10 bits per heavy atom. The molecule has 0 radical (unpaired) electrons. The second kappa shape index (κ2) is 11.3. The number of benzene rings is 2. The van der Waals surface area contributed by atoms with Crippen LogP contribution in [0.25, 0.3) is 0 Å². The molecule has 0 bridgehead atoms. The molecule has 3 amide bonds. The van der Waals surface area contributed by atoms with E-state index in [1.165, 1.54) is 29.2 Å². The lowest BCUT2D eigenvalue weighted by molar-refractivity contribution is -0.161. The van der Waals surface area contributed by atoms with Crippen LogP contribution in [0.2, 0.25) is 5.02 Å². The van der Waals surface area contributed by atoms with Gasteiger partial charge in [0.05, 0.1) is 6.04 Å². The molecular weight excluding hydrogens is 547 g/mol. The van der Waals surface area contributed by atoms with E-state index in [9.17, 15) is 27.6 Å². The van der Waals surface area contributed by atoms with Crippen molar-refractivity contribution >= 4 is 29.5 Å². The molecule has 1 saturated carbocycles. The molecule has 2 aromatic rings. The first-order valence-corrected chi connectivity index (χ1v) is 13.8. The molecule has 3 fully saturated rings. The summed E-state index contributed by atoms with van der Waals surface area (Å²) in [5.41, 5.74) is 0.920. The van der Waals surface area contributed by atoms with E-state index in [4.69, 9.17) is 16.3 Å². The topological polar surface area (TPSA) is 70.2 Å². The number of hydrogen-bond donors (Lipinski definition) is 0. The first-order valence-electron chi connectivity index (χ1n) is 13.4. The quantitative estimate of drug-likeness (QED) is 0.491. The summed E-state index contributed by atoms with van der Waals surface area (Å²) in [4.78, 5) is 44.0. The maximum absolute atomic E-state index is 13.6. The summed E-state index contributed by atoms with van der Waals surface area (Å²) in [5, 5.41) is 0.572. The summed E-state index contributed by atoms with van der Waals surface area (Å²) < 4.78 is 45.2. The molecule has 0 aromatic heterocycles. The van der Waals surface area contributed by atoms with E-state index < -0.39 is 36.6 Å². The molecule has 2 aromatic carbocycles. The number of likely N-dealkylation sites (N-methyl/N-ethyl adjacent to an activating group) is 1. The minimum atomic E-state index is -2.75. The van der Waals surface area contributed by atoms with Crippen molar-refractivity contribution in [2.45, 2.75) is 43.6 Å². The van der Waals surface area contributed by atoms with Crippen LogP contribution < -0.4 is 4.74 Å². The highest BCUT2D eigenvalue weighted by molar-refractivity contribution is 6.30. The van der Waals surface area contributed by atoms with Crippen molar-refractivity contribution < 1.29 is 32.3 Å². The van der Waals surface area contributed by atoms with Crippen LogP contribution in [0.1, 0.15) is 37.2 Å². The van der Waals surface area contributed by atoms with E-state index in [0.717, 1.165) is 5.56 Å². The van der Waals surface area contributed by atoms with Crippen molar-refractivity contribution in [1.82, 2.24) is 14.7 Å². The maximum atomic E-state index is 13.6. The summed E-state index contributed by atoms with van der Waals surface area (Å²) in [7, 11) is 1.61. The SMILES string of the molecule is CN(C(=O)Oc1ccc(F)cc1)[C@@H]1CN(C(=O)C2CCN(C(=O)C3CC(F)(F)C3)CC2)C[C@H]1c1ccc(Cl)cc1. The third-order valence-electron chi connectivity index (χ3n) is 8.30. The molecule has 2 aliphatic heterocycles. The van der Waals surface area contributed by atoms with E-state index in [0.29, 0.717) is 37.5 Å². The van der Waals surface area contributed by atoms with E-state index in [1.54, 1.807) is 29.0 Å². The molecule has 7 nitrogen and oxygen atoms in total. The number of ether oxygens (including phenoxy) is 1. The van der Waals surface area contributed by atoms with Crippen molar-refractivity contribution in [3.05, 3.63) is 64.9 Å². The zero-order valence-electron chi connectivity index (χ0n) is 22.1. The highest BCUT2D eigenvalue weighted by Gasteiger charge is 2.50. The first kappa shape index (κ1) is 28.3. The Bertz CT molecular complexity index is 1240. The lowest BCUT2D eigenvalue weighted by atomic mass is 9.80. The number of carbonyl (C=O) groups excluding carboxylic acids is 3. The number of nitrogens with zero attached hydrogens (tertiary/aromatic N) is 3. The van der Waals surface area contributed by atoms with Gasteiger partial charge in [0.2, 0.25) is 17.7 Å². The standard InChI is InChI=1S/C29H31ClF3N3O4/c1-34(28(39)40-23-8-6-22(31)7-9-23)25-17-36(16-24(25)18-2-4-21(30)5-3-18)26(37)19-10-12-35(13-11-19)27(38)20-14-29(32,33)15-20/h2-9,19-20,24-25H,10-17H2,1H3/t24-,25+/m0/s1. The lowest BCUT2D eigenvalue weighted by Crippen LogP contribution is -2.50. The fourth-order valence-electron chi connectivity index (χ4n) is 5.91. The zero-order chi connectivity index (χ0) is 28.6. The van der Waals surface area contributed by atoms with Gasteiger partial charge in [-0.3, -0.25) is 9.59 Å². The monoisotopic (exact) mass is 577 g/mol.